The van der Waals surface area contributed by atoms with E-state index in [-0.39, 0.29) is 5.75 Å². The molecule has 1 aliphatic heterocycles. The van der Waals surface area contributed by atoms with Crippen LogP contribution < -0.4 is 4.18 Å². The van der Waals surface area contributed by atoms with Gasteiger partial charge in [0.15, 0.2) is 11.0 Å². The maximum atomic E-state index is 12.6. The maximum absolute atomic E-state index is 12.6. The summed E-state index contributed by atoms with van der Waals surface area (Å²) in [6.07, 6.45) is 4.96. The molecule has 0 N–H and O–H groups in total. The fraction of sp³-hybridized carbons (Fsp3) is 0.520. The molecular formula is C25H31F3N4O4S2. The Morgan fingerprint density at radius 3 is 2.55 bits per heavy atom. The van der Waals surface area contributed by atoms with E-state index in [9.17, 15) is 21.6 Å². The molecule has 0 saturated carbocycles. The predicted molar refractivity (Wildman–Crippen MR) is 138 cm³/mol. The summed E-state index contributed by atoms with van der Waals surface area (Å²) in [5, 5.41) is 9.52. The number of halogens is 3. The van der Waals surface area contributed by atoms with Crippen LogP contribution in [0.25, 0.3) is 11.4 Å². The molecule has 38 heavy (non-hydrogen) atoms. The summed E-state index contributed by atoms with van der Waals surface area (Å²) in [6, 6.07) is 6.29. The zero-order valence-corrected chi connectivity index (χ0v) is 23.2. The van der Waals surface area contributed by atoms with Crippen LogP contribution in [0.3, 0.4) is 0 Å². The molecule has 0 saturated heterocycles. The molecule has 0 bridgehead atoms. The third kappa shape index (κ3) is 6.73. The number of rotatable bonds is 11. The molecule has 0 amide bonds. The first-order valence-corrected chi connectivity index (χ1v) is 14.8. The summed E-state index contributed by atoms with van der Waals surface area (Å²) >= 11 is 1.68. The van der Waals surface area contributed by atoms with Gasteiger partial charge in [0.1, 0.15) is 17.3 Å². The smallest absolute Gasteiger partial charge is 0.466 e. The van der Waals surface area contributed by atoms with Crippen molar-refractivity contribution in [2.75, 3.05) is 18.8 Å². The topological polar surface area (TPSA) is 90.5 Å². The van der Waals surface area contributed by atoms with E-state index < -0.39 is 15.6 Å². The molecule has 13 heteroatoms. The Bertz CT molecular complexity index is 1370. The van der Waals surface area contributed by atoms with E-state index in [0.717, 1.165) is 90.1 Å². The van der Waals surface area contributed by atoms with Gasteiger partial charge in [0.25, 0.3) is 0 Å². The standard InChI is InChI=1S/C25H31F3N4O4S2/c1-17-14-22(18(2)35-17)23-29-30-24(31(23)3)37-13-7-5-4-6-11-32-12-10-19-8-9-21(15-20(19)16-32)36-38(33,34)25(26,27)28/h8-9,14-15H,4-7,10-13,16H2,1-3H3. The van der Waals surface area contributed by atoms with Crippen molar-refractivity contribution < 1.29 is 30.2 Å². The third-order valence-corrected chi connectivity index (χ3v) is 8.56. The lowest BCUT2D eigenvalue weighted by molar-refractivity contribution is -0.0500. The molecule has 0 spiro atoms. The molecule has 1 aromatic carbocycles. The first-order valence-electron chi connectivity index (χ1n) is 12.4. The van der Waals surface area contributed by atoms with Crippen molar-refractivity contribution in [3.05, 3.63) is 46.9 Å². The lowest BCUT2D eigenvalue weighted by Crippen LogP contribution is -2.31. The molecule has 0 aliphatic carbocycles. The highest BCUT2D eigenvalue weighted by Gasteiger charge is 2.48. The zero-order chi connectivity index (χ0) is 27.5. The number of alkyl halides is 3. The van der Waals surface area contributed by atoms with Crippen molar-refractivity contribution >= 4 is 21.9 Å². The van der Waals surface area contributed by atoms with Gasteiger partial charge in [-0.3, -0.25) is 4.90 Å². The van der Waals surface area contributed by atoms with Crippen LogP contribution in [-0.2, 0) is 30.1 Å². The molecule has 8 nitrogen and oxygen atoms in total. The number of unbranched alkanes of at least 4 members (excludes halogenated alkanes) is 3. The van der Waals surface area contributed by atoms with Gasteiger partial charge < -0.3 is 13.2 Å². The summed E-state index contributed by atoms with van der Waals surface area (Å²) < 4.78 is 72.4. The van der Waals surface area contributed by atoms with Gasteiger partial charge >= 0.3 is 15.6 Å². The van der Waals surface area contributed by atoms with Crippen LogP contribution in [0.4, 0.5) is 13.2 Å². The number of benzene rings is 1. The van der Waals surface area contributed by atoms with Gasteiger partial charge in [-0.15, -0.1) is 10.2 Å². The Morgan fingerprint density at radius 1 is 1.08 bits per heavy atom. The number of hydrogen-bond acceptors (Lipinski definition) is 8. The molecule has 1 aliphatic rings. The van der Waals surface area contributed by atoms with Crippen LogP contribution in [0.1, 0.15) is 48.3 Å². The molecule has 3 heterocycles. The fourth-order valence-corrected chi connectivity index (χ4v) is 5.85. The van der Waals surface area contributed by atoms with E-state index in [1.165, 1.54) is 12.1 Å². The van der Waals surface area contributed by atoms with Crippen LogP contribution in [0, 0.1) is 13.8 Å². The largest absolute Gasteiger partial charge is 0.534 e. The van der Waals surface area contributed by atoms with Gasteiger partial charge in [-0.25, -0.2) is 0 Å². The second-order valence-corrected chi connectivity index (χ2v) is 12.0. The first kappa shape index (κ1) is 28.5. The SMILES string of the molecule is Cc1cc(-c2nnc(SCCCCCCN3CCc4ccc(OS(=O)(=O)C(F)(F)F)cc4C3)n2C)c(C)o1. The summed E-state index contributed by atoms with van der Waals surface area (Å²) in [7, 11) is -3.72. The highest BCUT2D eigenvalue weighted by atomic mass is 32.2. The molecule has 0 atom stereocenters. The van der Waals surface area contributed by atoms with Gasteiger partial charge in [0.05, 0.1) is 5.56 Å². The minimum Gasteiger partial charge on any atom is -0.466 e. The average molecular weight is 573 g/mol. The average Bonchev–Trinajstić information content (AvgIpc) is 3.37. The van der Waals surface area contributed by atoms with Crippen molar-refractivity contribution in [1.82, 2.24) is 19.7 Å². The summed E-state index contributed by atoms with van der Waals surface area (Å²) in [6.45, 7) is 6.11. The van der Waals surface area contributed by atoms with E-state index in [1.54, 1.807) is 17.8 Å². The number of thioether (sulfide) groups is 1. The minimum absolute atomic E-state index is 0.314. The molecular weight excluding hydrogens is 541 g/mol. The third-order valence-electron chi connectivity index (χ3n) is 6.48. The number of aryl methyl sites for hydroxylation is 2. The molecule has 4 rings (SSSR count). The van der Waals surface area contributed by atoms with Gasteiger partial charge in [-0.2, -0.15) is 21.6 Å². The maximum Gasteiger partial charge on any atom is 0.534 e. The summed E-state index contributed by atoms with van der Waals surface area (Å²) in [5.41, 5.74) is -2.70. The normalized spacial score (nSPS) is 14.6. The summed E-state index contributed by atoms with van der Waals surface area (Å²) in [4.78, 5) is 2.24. The molecule has 3 aromatic rings. The number of aromatic nitrogens is 3. The van der Waals surface area contributed by atoms with Gasteiger partial charge in [0, 0.05) is 25.9 Å². The van der Waals surface area contributed by atoms with Crippen LogP contribution in [-0.4, -0.2) is 52.4 Å². The second kappa shape index (κ2) is 11.7. The van der Waals surface area contributed by atoms with Crippen molar-refractivity contribution in [2.45, 2.75) is 63.2 Å². The van der Waals surface area contributed by atoms with Crippen molar-refractivity contribution in [3.63, 3.8) is 0 Å². The van der Waals surface area contributed by atoms with Crippen molar-refractivity contribution in [2.24, 2.45) is 7.05 Å². The second-order valence-electron chi connectivity index (χ2n) is 9.39. The van der Waals surface area contributed by atoms with E-state index >= 15 is 0 Å². The monoisotopic (exact) mass is 572 g/mol. The molecule has 2 aromatic heterocycles. The first-order chi connectivity index (χ1) is 17.9. The Morgan fingerprint density at radius 2 is 1.84 bits per heavy atom. The van der Waals surface area contributed by atoms with E-state index in [4.69, 9.17) is 4.42 Å². The van der Waals surface area contributed by atoms with Gasteiger partial charge in [-0.1, -0.05) is 30.7 Å². The Hall–Kier alpha value is -2.51. The van der Waals surface area contributed by atoms with E-state index in [0.29, 0.717) is 6.54 Å². The Balaban J connectivity index is 1.17. The molecule has 208 valence electrons. The Labute approximate surface area is 224 Å². The number of nitrogens with zero attached hydrogens (tertiary/aromatic N) is 4. The van der Waals surface area contributed by atoms with Crippen LogP contribution in [0.5, 0.6) is 5.75 Å². The number of fused-ring (bicyclic) bond motifs is 1. The number of furan rings is 1. The minimum atomic E-state index is -5.68. The lowest BCUT2D eigenvalue weighted by Gasteiger charge is -2.29. The van der Waals surface area contributed by atoms with Crippen molar-refractivity contribution in [1.29, 1.82) is 0 Å². The Kier molecular flexibility index (Phi) is 8.78. The molecule has 0 fully saturated rings. The highest BCUT2D eigenvalue weighted by molar-refractivity contribution is 7.99. The van der Waals surface area contributed by atoms with Gasteiger partial charge in [0.2, 0.25) is 0 Å². The summed E-state index contributed by atoms with van der Waals surface area (Å²) in [5.74, 6) is 3.10. The predicted octanol–water partition coefficient (Wildman–Crippen LogP) is 5.63. The van der Waals surface area contributed by atoms with Crippen molar-refractivity contribution in [3.8, 4) is 17.1 Å². The van der Waals surface area contributed by atoms with E-state index in [1.807, 2.05) is 31.5 Å². The quantitative estimate of drug-likeness (QED) is 0.126. The highest BCUT2D eigenvalue weighted by Crippen LogP contribution is 2.30. The van der Waals surface area contributed by atoms with Crippen LogP contribution in [0.15, 0.2) is 33.8 Å². The van der Waals surface area contributed by atoms with Crippen LogP contribution >= 0.6 is 11.8 Å². The lowest BCUT2D eigenvalue weighted by atomic mass is 9.99. The van der Waals surface area contributed by atoms with Gasteiger partial charge in [-0.05, 0) is 69.0 Å². The molecule has 0 radical (unpaired) electrons. The number of hydrogen-bond donors (Lipinski definition) is 0. The molecule has 0 unspecified atom stereocenters. The fourth-order valence-electron chi connectivity index (χ4n) is 4.49. The van der Waals surface area contributed by atoms with E-state index in [2.05, 4.69) is 19.3 Å². The zero-order valence-electron chi connectivity index (χ0n) is 21.5. The van der Waals surface area contributed by atoms with Crippen LogP contribution in [0.2, 0.25) is 0 Å².